The highest BCUT2D eigenvalue weighted by Crippen LogP contribution is 2.27. The topological polar surface area (TPSA) is 77.0 Å². The molecule has 2 saturated heterocycles. The summed E-state index contributed by atoms with van der Waals surface area (Å²) in [5.41, 5.74) is 0. The van der Waals surface area contributed by atoms with Crippen LogP contribution in [-0.4, -0.2) is 72.9 Å². The summed E-state index contributed by atoms with van der Waals surface area (Å²) in [5, 5.41) is 6.83. The number of carbonyl (C=O) groups is 2. The van der Waals surface area contributed by atoms with Crippen molar-refractivity contribution in [2.24, 2.45) is 10.9 Å². The molecule has 0 bridgehead atoms. The van der Waals surface area contributed by atoms with Crippen molar-refractivity contribution in [1.29, 1.82) is 0 Å². The van der Waals surface area contributed by atoms with Crippen LogP contribution in [0.25, 0.3) is 0 Å². The monoisotopic (exact) mass is 405 g/mol. The molecule has 3 rings (SSSR count). The molecular formula is C22H39N5O2. The summed E-state index contributed by atoms with van der Waals surface area (Å²) in [7, 11) is 0. The summed E-state index contributed by atoms with van der Waals surface area (Å²) in [6.45, 7) is 6.91. The minimum atomic E-state index is 0.261. The minimum absolute atomic E-state index is 0.261. The Balaban J connectivity index is 1.42. The van der Waals surface area contributed by atoms with E-state index in [2.05, 4.69) is 17.6 Å². The Kier molecular flexibility index (Phi) is 8.62. The van der Waals surface area contributed by atoms with Crippen LogP contribution in [0.4, 0.5) is 0 Å². The number of nitrogens with one attached hydrogen (secondary N) is 2. The van der Waals surface area contributed by atoms with Gasteiger partial charge >= 0.3 is 0 Å². The van der Waals surface area contributed by atoms with Crippen LogP contribution in [0.1, 0.15) is 71.1 Å². The molecule has 29 heavy (non-hydrogen) atoms. The van der Waals surface area contributed by atoms with Gasteiger partial charge in [0.05, 0.1) is 0 Å². The molecule has 7 heteroatoms. The third kappa shape index (κ3) is 6.61. The molecule has 0 aromatic carbocycles. The zero-order chi connectivity index (χ0) is 20.5. The third-order valence-electron chi connectivity index (χ3n) is 6.42. The third-order valence-corrected chi connectivity index (χ3v) is 6.42. The molecule has 164 valence electrons. The Morgan fingerprint density at radius 3 is 2.72 bits per heavy atom. The molecule has 2 N–H and O–H groups in total. The summed E-state index contributed by atoms with van der Waals surface area (Å²) in [5.74, 6) is 1.75. The van der Waals surface area contributed by atoms with Crippen molar-refractivity contribution in [3.05, 3.63) is 0 Å². The second-order valence-electron chi connectivity index (χ2n) is 8.70. The van der Waals surface area contributed by atoms with Crippen LogP contribution in [0.2, 0.25) is 0 Å². The van der Waals surface area contributed by atoms with E-state index < -0.39 is 0 Å². The number of rotatable bonds is 7. The molecule has 0 aromatic rings. The fraction of sp³-hybridized carbons (Fsp3) is 0.864. The Morgan fingerprint density at radius 1 is 1.10 bits per heavy atom. The Labute approximate surface area is 175 Å². The van der Waals surface area contributed by atoms with E-state index in [1.54, 1.807) is 0 Å². The summed E-state index contributed by atoms with van der Waals surface area (Å²) < 4.78 is 0. The largest absolute Gasteiger partial charge is 0.357 e. The van der Waals surface area contributed by atoms with Gasteiger partial charge < -0.3 is 20.4 Å². The summed E-state index contributed by atoms with van der Waals surface area (Å²) in [4.78, 5) is 33.5. The number of nitrogens with zero attached hydrogens (tertiary/aromatic N) is 3. The van der Waals surface area contributed by atoms with E-state index in [0.29, 0.717) is 24.8 Å². The molecule has 2 aliphatic heterocycles. The smallest absolute Gasteiger partial charge is 0.225 e. The van der Waals surface area contributed by atoms with Gasteiger partial charge in [-0.25, -0.2) is 0 Å². The van der Waals surface area contributed by atoms with Gasteiger partial charge in [0.1, 0.15) is 0 Å². The molecule has 3 fully saturated rings. The highest BCUT2D eigenvalue weighted by Gasteiger charge is 2.32. The zero-order valence-electron chi connectivity index (χ0n) is 18.1. The van der Waals surface area contributed by atoms with Gasteiger partial charge in [0.2, 0.25) is 11.8 Å². The molecule has 2 amide bonds. The van der Waals surface area contributed by atoms with Gasteiger partial charge in [0, 0.05) is 57.6 Å². The SMILES string of the molecule is CCNC(=NCCCN1CCCCCC1=O)NC1CCN(C(=O)C2CCCC2)C1. The van der Waals surface area contributed by atoms with E-state index in [1.807, 2.05) is 9.80 Å². The summed E-state index contributed by atoms with van der Waals surface area (Å²) in [6, 6.07) is 0.269. The van der Waals surface area contributed by atoms with E-state index in [9.17, 15) is 9.59 Å². The van der Waals surface area contributed by atoms with Crippen LogP contribution >= 0.6 is 0 Å². The van der Waals surface area contributed by atoms with Gasteiger partial charge in [0.25, 0.3) is 0 Å². The number of hydrogen-bond donors (Lipinski definition) is 2. The van der Waals surface area contributed by atoms with Crippen LogP contribution in [0, 0.1) is 5.92 Å². The molecule has 2 heterocycles. The van der Waals surface area contributed by atoms with Crippen LogP contribution in [0.5, 0.6) is 0 Å². The van der Waals surface area contributed by atoms with Gasteiger partial charge in [-0.2, -0.15) is 0 Å². The predicted molar refractivity (Wildman–Crippen MR) is 116 cm³/mol. The lowest BCUT2D eigenvalue weighted by molar-refractivity contribution is -0.134. The number of amides is 2. The number of guanidine groups is 1. The molecule has 0 spiro atoms. The first-order valence-electron chi connectivity index (χ1n) is 11.8. The van der Waals surface area contributed by atoms with Crippen molar-refractivity contribution in [2.45, 2.75) is 77.2 Å². The van der Waals surface area contributed by atoms with E-state index in [-0.39, 0.29) is 12.0 Å². The van der Waals surface area contributed by atoms with Crippen LogP contribution in [-0.2, 0) is 9.59 Å². The highest BCUT2D eigenvalue weighted by molar-refractivity contribution is 5.81. The van der Waals surface area contributed by atoms with E-state index in [1.165, 1.54) is 12.8 Å². The Bertz CT molecular complexity index is 574. The first kappa shape index (κ1) is 21.9. The Hall–Kier alpha value is -1.79. The minimum Gasteiger partial charge on any atom is -0.357 e. The molecule has 1 saturated carbocycles. The lowest BCUT2D eigenvalue weighted by Crippen LogP contribution is -2.45. The van der Waals surface area contributed by atoms with Crippen LogP contribution in [0.15, 0.2) is 4.99 Å². The van der Waals surface area contributed by atoms with E-state index >= 15 is 0 Å². The molecule has 3 aliphatic rings. The van der Waals surface area contributed by atoms with Crippen LogP contribution < -0.4 is 10.6 Å². The molecule has 0 radical (unpaired) electrons. The van der Waals surface area contributed by atoms with Crippen molar-refractivity contribution in [3.63, 3.8) is 0 Å². The average Bonchev–Trinajstić information content (AvgIpc) is 3.37. The fourth-order valence-corrected chi connectivity index (χ4v) is 4.75. The number of carbonyl (C=O) groups excluding carboxylic acids is 2. The van der Waals surface area contributed by atoms with Crippen molar-refractivity contribution >= 4 is 17.8 Å². The molecule has 7 nitrogen and oxygen atoms in total. The zero-order valence-corrected chi connectivity index (χ0v) is 18.1. The predicted octanol–water partition coefficient (Wildman–Crippen LogP) is 2.13. The number of aliphatic imine (C=N–C) groups is 1. The number of hydrogen-bond acceptors (Lipinski definition) is 3. The molecular weight excluding hydrogens is 366 g/mol. The van der Waals surface area contributed by atoms with E-state index in [0.717, 1.165) is 83.6 Å². The quantitative estimate of drug-likeness (QED) is 0.386. The van der Waals surface area contributed by atoms with Gasteiger partial charge in [0.15, 0.2) is 5.96 Å². The highest BCUT2D eigenvalue weighted by atomic mass is 16.2. The van der Waals surface area contributed by atoms with Crippen LogP contribution in [0.3, 0.4) is 0 Å². The van der Waals surface area contributed by atoms with Crippen molar-refractivity contribution < 1.29 is 9.59 Å². The second kappa shape index (κ2) is 11.4. The first-order chi connectivity index (χ1) is 14.2. The van der Waals surface area contributed by atoms with Gasteiger partial charge in [-0.3, -0.25) is 14.6 Å². The maximum Gasteiger partial charge on any atom is 0.225 e. The molecule has 1 atom stereocenters. The Morgan fingerprint density at radius 2 is 1.93 bits per heavy atom. The van der Waals surface area contributed by atoms with Gasteiger partial charge in [-0.1, -0.05) is 19.3 Å². The van der Waals surface area contributed by atoms with Crippen molar-refractivity contribution in [3.8, 4) is 0 Å². The molecule has 1 aliphatic carbocycles. The van der Waals surface area contributed by atoms with Crippen molar-refractivity contribution in [2.75, 3.05) is 39.3 Å². The molecule has 1 unspecified atom stereocenters. The molecule has 0 aromatic heterocycles. The maximum atomic E-state index is 12.6. The number of likely N-dealkylation sites (tertiary alicyclic amines) is 2. The second-order valence-corrected chi connectivity index (χ2v) is 8.70. The standard InChI is InChI=1S/C22H39N5O2/c1-2-23-22(24-13-8-15-26-14-7-3-4-11-20(26)28)25-19-12-16-27(17-19)21(29)18-9-5-6-10-18/h18-19H,2-17H2,1H3,(H2,23,24,25). The summed E-state index contributed by atoms with van der Waals surface area (Å²) in [6.07, 6.45) is 10.4. The van der Waals surface area contributed by atoms with E-state index in [4.69, 9.17) is 4.99 Å². The normalized spacial score (nSPS) is 24.1. The summed E-state index contributed by atoms with van der Waals surface area (Å²) >= 11 is 0. The van der Waals surface area contributed by atoms with Crippen molar-refractivity contribution in [1.82, 2.24) is 20.4 Å². The fourth-order valence-electron chi connectivity index (χ4n) is 4.75. The lowest BCUT2D eigenvalue weighted by atomic mass is 10.1. The first-order valence-corrected chi connectivity index (χ1v) is 11.8. The lowest BCUT2D eigenvalue weighted by Gasteiger charge is -2.22. The van der Waals surface area contributed by atoms with Gasteiger partial charge in [-0.15, -0.1) is 0 Å². The maximum absolute atomic E-state index is 12.6. The average molecular weight is 406 g/mol. The van der Waals surface area contributed by atoms with Gasteiger partial charge in [-0.05, 0) is 45.4 Å².